The van der Waals surface area contributed by atoms with Crippen molar-refractivity contribution < 1.29 is 0 Å². The van der Waals surface area contributed by atoms with Gasteiger partial charge < -0.3 is 5.32 Å². The maximum Gasteiger partial charge on any atom is 0.127 e. The van der Waals surface area contributed by atoms with E-state index < -0.39 is 0 Å². The Bertz CT molecular complexity index is 349. The molecule has 0 aromatic carbocycles. The summed E-state index contributed by atoms with van der Waals surface area (Å²) >= 11 is 1.38. The van der Waals surface area contributed by atoms with Crippen LogP contribution in [0.3, 0.4) is 0 Å². The van der Waals surface area contributed by atoms with E-state index in [-0.39, 0.29) is 0 Å². The second-order valence-electron chi connectivity index (χ2n) is 4.05. The van der Waals surface area contributed by atoms with Crippen LogP contribution in [-0.4, -0.2) is 10.9 Å². The standard InChI is InChI=1S/C11H17N3S/c1-8(2)5-4-6-13-11-10(7-12)9(3)14-15-11/h8,13H,4-6H2,1-3H3. The highest BCUT2D eigenvalue weighted by atomic mass is 32.1. The summed E-state index contributed by atoms with van der Waals surface area (Å²) < 4.78 is 4.16. The van der Waals surface area contributed by atoms with Gasteiger partial charge in [0.2, 0.25) is 0 Å². The summed E-state index contributed by atoms with van der Waals surface area (Å²) in [5, 5.41) is 13.1. The Hall–Kier alpha value is -1.08. The Morgan fingerprint density at radius 1 is 1.53 bits per heavy atom. The number of aromatic nitrogens is 1. The molecule has 1 aromatic heterocycles. The van der Waals surface area contributed by atoms with Crippen LogP contribution in [0.4, 0.5) is 5.00 Å². The third kappa shape index (κ3) is 3.52. The van der Waals surface area contributed by atoms with Crippen LogP contribution in [0, 0.1) is 24.2 Å². The molecule has 4 heteroatoms. The molecule has 1 heterocycles. The average molecular weight is 223 g/mol. The van der Waals surface area contributed by atoms with Crippen molar-refractivity contribution in [3.05, 3.63) is 11.3 Å². The number of aryl methyl sites for hydroxylation is 1. The van der Waals surface area contributed by atoms with Gasteiger partial charge in [-0.1, -0.05) is 13.8 Å². The van der Waals surface area contributed by atoms with E-state index in [0.29, 0.717) is 5.56 Å². The fourth-order valence-corrected chi connectivity index (χ4v) is 2.11. The average Bonchev–Trinajstić information content (AvgIpc) is 2.53. The summed E-state index contributed by atoms with van der Waals surface area (Å²) in [5.74, 6) is 0.741. The van der Waals surface area contributed by atoms with Gasteiger partial charge in [-0.05, 0) is 37.2 Å². The van der Waals surface area contributed by atoms with Crippen molar-refractivity contribution in [1.29, 1.82) is 5.26 Å². The molecule has 0 unspecified atom stereocenters. The lowest BCUT2D eigenvalue weighted by atomic mass is 10.1. The van der Waals surface area contributed by atoms with Crippen LogP contribution >= 0.6 is 11.5 Å². The van der Waals surface area contributed by atoms with E-state index in [1.165, 1.54) is 18.0 Å². The van der Waals surface area contributed by atoms with Gasteiger partial charge in [-0.15, -0.1) is 0 Å². The van der Waals surface area contributed by atoms with E-state index in [1.807, 2.05) is 6.92 Å². The van der Waals surface area contributed by atoms with Crippen molar-refractivity contribution in [3.63, 3.8) is 0 Å². The fraction of sp³-hybridized carbons (Fsp3) is 0.636. The summed E-state index contributed by atoms with van der Waals surface area (Å²) in [6, 6.07) is 2.18. The predicted molar refractivity (Wildman–Crippen MR) is 64.1 cm³/mol. The maximum atomic E-state index is 8.91. The Morgan fingerprint density at radius 2 is 2.27 bits per heavy atom. The van der Waals surface area contributed by atoms with Gasteiger partial charge >= 0.3 is 0 Å². The first kappa shape index (κ1) is 12.0. The zero-order chi connectivity index (χ0) is 11.3. The van der Waals surface area contributed by atoms with Crippen LogP contribution in [0.2, 0.25) is 0 Å². The molecular formula is C11H17N3S. The highest BCUT2D eigenvalue weighted by molar-refractivity contribution is 7.10. The molecule has 1 rings (SSSR count). The van der Waals surface area contributed by atoms with Crippen LogP contribution in [0.5, 0.6) is 0 Å². The number of nitrogens with one attached hydrogen (secondary N) is 1. The Balaban J connectivity index is 2.41. The molecule has 3 nitrogen and oxygen atoms in total. The van der Waals surface area contributed by atoms with Crippen molar-refractivity contribution in [3.8, 4) is 6.07 Å². The summed E-state index contributed by atoms with van der Waals surface area (Å²) in [6.07, 6.45) is 2.35. The third-order valence-corrected chi connectivity index (χ3v) is 3.11. The van der Waals surface area contributed by atoms with E-state index >= 15 is 0 Å². The predicted octanol–water partition coefficient (Wildman–Crippen LogP) is 3.17. The monoisotopic (exact) mass is 223 g/mol. The molecule has 0 spiro atoms. The molecule has 0 fully saturated rings. The summed E-state index contributed by atoms with van der Waals surface area (Å²) in [4.78, 5) is 0. The largest absolute Gasteiger partial charge is 0.375 e. The molecule has 0 saturated carbocycles. The van der Waals surface area contributed by atoms with Crippen molar-refractivity contribution in [1.82, 2.24) is 4.37 Å². The van der Waals surface area contributed by atoms with E-state index in [9.17, 15) is 0 Å². The van der Waals surface area contributed by atoms with Crippen molar-refractivity contribution >= 4 is 16.5 Å². The molecule has 1 N–H and O–H groups in total. The van der Waals surface area contributed by atoms with Gasteiger partial charge in [-0.2, -0.15) is 9.64 Å². The van der Waals surface area contributed by atoms with E-state index in [0.717, 1.165) is 29.6 Å². The van der Waals surface area contributed by atoms with Crippen LogP contribution in [0.15, 0.2) is 0 Å². The molecule has 0 radical (unpaired) electrons. The smallest absolute Gasteiger partial charge is 0.127 e. The Kier molecular flexibility index (Phi) is 4.57. The van der Waals surface area contributed by atoms with Gasteiger partial charge in [0, 0.05) is 6.54 Å². The van der Waals surface area contributed by atoms with Gasteiger partial charge in [0.05, 0.1) is 5.69 Å². The Morgan fingerprint density at radius 3 is 2.87 bits per heavy atom. The van der Waals surface area contributed by atoms with Crippen molar-refractivity contribution in [2.24, 2.45) is 5.92 Å². The molecule has 0 aliphatic rings. The molecule has 0 amide bonds. The molecule has 15 heavy (non-hydrogen) atoms. The lowest BCUT2D eigenvalue weighted by Crippen LogP contribution is -2.02. The van der Waals surface area contributed by atoms with E-state index in [2.05, 4.69) is 29.6 Å². The summed E-state index contributed by atoms with van der Waals surface area (Å²) in [7, 11) is 0. The first-order chi connectivity index (χ1) is 7.15. The minimum Gasteiger partial charge on any atom is -0.375 e. The van der Waals surface area contributed by atoms with Crippen molar-refractivity contribution in [2.75, 3.05) is 11.9 Å². The molecule has 0 bridgehead atoms. The molecule has 82 valence electrons. The lowest BCUT2D eigenvalue weighted by Gasteiger charge is -2.05. The highest BCUT2D eigenvalue weighted by Gasteiger charge is 2.08. The molecule has 0 saturated heterocycles. The number of nitrogens with zero attached hydrogens (tertiary/aromatic N) is 2. The summed E-state index contributed by atoms with van der Waals surface area (Å²) in [5.41, 5.74) is 1.53. The van der Waals surface area contributed by atoms with Gasteiger partial charge in [-0.3, -0.25) is 0 Å². The lowest BCUT2D eigenvalue weighted by molar-refractivity contribution is 0.567. The first-order valence-corrected chi connectivity index (χ1v) is 6.02. The fourth-order valence-electron chi connectivity index (χ4n) is 1.33. The molecular weight excluding hydrogens is 206 g/mol. The van der Waals surface area contributed by atoms with Crippen LogP contribution in [0.25, 0.3) is 0 Å². The number of hydrogen-bond acceptors (Lipinski definition) is 4. The zero-order valence-corrected chi connectivity index (χ0v) is 10.3. The number of anilines is 1. The number of hydrogen-bond donors (Lipinski definition) is 1. The van der Waals surface area contributed by atoms with Gasteiger partial charge in [0.1, 0.15) is 16.6 Å². The number of rotatable bonds is 5. The normalized spacial score (nSPS) is 10.3. The second-order valence-corrected chi connectivity index (χ2v) is 4.82. The topological polar surface area (TPSA) is 48.7 Å². The maximum absolute atomic E-state index is 8.91. The van der Waals surface area contributed by atoms with Gasteiger partial charge in [-0.25, -0.2) is 0 Å². The quantitative estimate of drug-likeness (QED) is 0.780. The van der Waals surface area contributed by atoms with Crippen molar-refractivity contribution in [2.45, 2.75) is 33.6 Å². The van der Waals surface area contributed by atoms with Crippen LogP contribution in [-0.2, 0) is 0 Å². The number of nitriles is 1. The van der Waals surface area contributed by atoms with Crippen LogP contribution < -0.4 is 5.32 Å². The molecule has 1 aromatic rings. The highest BCUT2D eigenvalue weighted by Crippen LogP contribution is 2.23. The third-order valence-electron chi connectivity index (χ3n) is 2.22. The molecule has 0 atom stereocenters. The summed E-state index contributed by atoms with van der Waals surface area (Å²) in [6.45, 7) is 7.23. The van der Waals surface area contributed by atoms with E-state index in [1.54, 1.807) is 0 Å². The molecule has 0 aliphatic heterocycles. The van der Waals surface area contributed by atoms with Gasteiger partial charge in [0.25, 0.3) is 0 Å². The van der Waals surface area contributed by atoms with E-state index in [4.69, 9.17) is 5.26 Å². The SMILES string of the molecule is Cc1nsc(NCCCC(C)C)c1C#N. The minimum atomic E-state index is 0.699. The minimum absolute atomic E-state index is 0.699. The second kappa shape index (κ2) is 5.72. The first-order valence-electron chi connectivity index (χ1n) is 5.25. The Labute approximate surface area is 95.3 Å². The van der Waals surface area contributed by atoms with Crippen LogP contribution in [0.1, 0.15) is 37.9 Å². The zero-order valence-electron chi connectivity index (χ0n) is 9.50. The van der Waals surface area contributed by atoms with Gasteiger partial charge in [0.15, 0.2) is 0 Å². The molecule has 0 aliphatic carbocycles.